The predicted octanol–water partition coefficient (Wildman–Crippen LogP) is 0.144. The third-order valence-electron chi connectivity index (χ3n) is 1.98. The molecule has 1 atom stereocenters. The topological polar surface area (TPSA) is 55.8 Å². The lowest BCUT2D eigenvalue weighted by atomic mass is 10.2. The van der Waals surface area contributed by atoms with Gasteiger partial charge in [-0.25, -0.2) is 4.79 Å². The first-order chi connectivity index (χ1) is 6.70. The lowest BCUT2D eigenvalue weighted by molar-refractivity contribution is -0.183. The van der Waals surface area contributed by atoms with Gasteiger partial charge < -0.3 is 14.4 Å². The largest absolute Gasteiger partial charge is 0.463 e. The van der Waals surface area contributed by atoms with Gasteiger partial charge >= 0.3 is 5.97 Å². The van der Waals surface area contributed by atoms with Crippen LogP contribution in [0.25, 0.3) is 0 Å². The number of likely N-dealkylation sites (tertiary alicyclic amines) is 1. The maximum absolute atomic E-state index is 11.4. The third kappa shape index (κ3) is 2.23. The van der Waals surface area contributed by atoms with Gasteiger partial charge in [0.25, 0.3) is 0 Å². The van der Waals surface area contributed by atoms with E-state index in [4.69, 9.17) is 9.47 Å². The van der Waals surface area contributed by atoms with Gasteiger partial charge in [0.2, 0.25) is 12.1 Å². The van der Waals surface area contributed by atoms with Crippen LogP contribution in [0.4, 0.5) is 0 Å². The highest BCUT2D eigenvalue weighted by atomic mass is 16.6. The van der Waals surface area contributed by atoms with Crippen LogP contribution in [0, 0.1) is 0 Å². The molecule has 0 aromatic heterocycles. The molecule has 0 aliphatic carbocycles. The summed E-state index contributed by atoms with van der Waals surface area (Å²) in [4.78, 5) is 23.9. The number of ether oxygens (including phenoxy) is 2. The molecular formula is C9H15NO4. The van der Waals surface area contributed by atoms with Gasteiger partial charge in [-0.2, -0.15) is 0 Å². The van der Waals surface area contributed by atoms with Crippen molar-refractivity contribution in [2.75, 3.05) is 19.8 Å². The van der Waals surface area contributed by atoms with Crippen LogP contribution in [0.3, 0.4) is 0 Å². The Morgan fingerprint density at radius 1 is 1.50 bits per heavy atom. The average molecular weight is 201 g/mol. The zero-order chi connectivity index (χ0) is 10.6. The van der Waals surface area contributed by atoms with Crippen LogP contribution in [0.15, 0.2) is 0 Å². The molecule has 80 valence electrons. The summed E-state index contributed by atoms with van der Waals surface area (Å²) in [5.41, 5.74) is 0. The quantitative estimate of drug-likeness (QED) is 0.469. The zero-order valence-corrected chi connectivity index (χ0v) is 8.49. The van der Waals surface area contributed by atoms with Crippen molar-refractivity contribution in [3.63, 3.8) is 0 Å². The molecule has 0 bridgehead atoms. The number of hydrogen-bond donors (Lipinski definition) is 0. The molecule has 0 aromatic carbocycles. The molecule has 1 amide bonds. The lowest BCUT2D eigenvalue weighted by Crippen LogP contribution is -2.54. The molecule has 1 fully saturated rings. The maximum atomic E-state index is 11.4. The molecule has 1 unspecified atom stereocenters. The summed E-state index contributed by atoms with van der Waals surface area (Å²) in [5.74, 6) is -0.543. The first-order valence-electron chi connectivity index (χ1n) is 4.78. The number of carbonyl (C=O) groups excluding carboxylic acids is 2. The maximum Gasteiger partial charge on any atom is 0.356 e. The molecule has 0 aromatic rings. The van der Waals surface area contributed by atoms with Gasteiger partial charge in [0.1, 0.15) is 0 Å². The van der Waals surface area contributed by atoms with Crippen molar-refractivity contribution in [3.8, 4) is 0 Å². The summed E-state index contributed by atoms with van der Waals surface area (Å²) in [5, 5.41) is 0. The van der Waals surface area contributed by atoms with Crippen molar-refractivity contribution in [1.82, 2.24) is 4.90 Å². The molecule has 0 radical (unpaired) electrons. The van der Waals surface area contributed by atoms with Crippen molar-refractivity contribution in [2.45, 2.75) is 26.5 Å². The van der Waals surface area contributed by atoms with Crippen molar-refractivity contribution in [2.24, 2.45) is 0 Å². The van der Waals surface area contributed by atoms with Gasteiger partial charge in [-0.15, -0.1) is 0 Å². The summed E-state index contributed by atoms with van der Waals surface area (Å²) >= 11 is 0. The molecule has 5 nitrogen and oxygen atoms in total. The number of amides is 1. The highest BCUT2D eigenvalue weighted by Crippen LogP contribution is 2.15. The standard InChI is InChI=1S/C9H15NO4/c1-3-13-8(9(12)14-4-2)10-6-5-7(10)11/h8H,3-6H2,1-2H3. The average Bonchev–Trinajstić information content (AvgIpc) is 2.15. The summed E-state index contributed by atoms with van der Waals surface area (Å²) in [6, 6.07) is 0. The van der Waals surface area contributed by atoms with E-state index >= 15 is 0 Å². The Labute approximate surface area is 83.0 Å². The molecule has 5 heteroatoms. The van der Waals surface area contributed by atoms with Crippen LogP contribution in [-0.4, -0.2) is 42.8 Å². The molecule has 1 rings (SSSR count). The molecule has 0 saturated carbocycles. The number of hydrogen-bond acceptors (Lipinski definition) is 4. The van der Waals surface area contributed by atoms with Crippen LogP contribution in [0.1, 0.15) is 20.3 Å². The monoisotopic (exact) mass is 201 g/mol. The molecular weight excluding hydrogens is 186 g/mol. The number of esters is 1. The molecule has 0 N–H and O–H groups in total. The van der Waals surface area contributed by atoms with Gasteiger partial charge in [-0.3, -0.25) is 4.79 Å². The minimum atomic E-state index is -0.846. The van der Waals surface area contributed by atoms with Gasteiger partial charge in [0, 0.05) is 19.6 Å². The van der Waals surface area contributed by atoms with E-state index in [1.54, 1.807) is 13.8 Å². The molecule has 1 saturated heterocycles. The number of rotatable bonds is 5. The second-order valence-electron chi connectivity index (χ2n) is 2.90. The van der Waals surface area contributed by atoms with E-state index in [-0.39, 0.29) is 5.91 Å². The fourth-order valence-electron chi connectivity index (χ4n) is 1.24. The minimum absolute atomic E-state index is 0.0588. The fraction of sp³-hybridized carbons (Fsp3) is 0.778. The van der Waals surface area contributed by atoms with Gasteiger partial charge in [0.05, 0.1) is 6.61 Å². The molecule has 1 aliphatic rings. The van der Waals surface area contributed by atoms with E-state index in [0.717, 1.165) is 0 Å². The Kier molecular flexibility index (Phi) is 3.88. The smallest absolute Gasteiger partial charge is 0.356 e. The summed E-state index contributed by atoms with van der Waals surface area (Å²) in [6.45, 7) is 4.75. The van der Waals surface area contributed by atoms with Crippen LogP contribution >= 0.6 is 0 Å². The third-order valence-corrected chi connectivity index (χ3v) is 1.98. The highest BCUT2D eigenvalue weighted by molar-refractivity contribution is 5.87. The summed E-state index contributed by atoms with van der Waals surface area (Å²) in [7, 11) is 0. The van der Waals surface area contributed by atoms with E-state index in [0.29, 0.717) is 26.2 Å². The molecule has 14 heavy (non-hydrogen) atoms. The van der Waals surface area contributed by atoms with Crippen molar-refractivity contribution >= 4 is 11.9 Å². The van der Waals surface area contributed by atoms with Gasteiger partial charge in [-0.05, 0) is 13.8 Å². The second-order valence-corrected chi connectivity index (χ2v) is 2.90. The Balaban J connectivity index is 2.53. The molecule has 0 spiro atoms. The number of carbonyl (C=O) groups is 2. The Hall–Kier alpha value is -1.10. The van der Waals surface area contributed by atoms with Gasteiger partial charge in [-0.1, -0.05) is 0 Å². The van der Waals surface area contributed by atoms with Crippen LogP contribution in [-0.2, 0) is 19.1 Å². The predicted molar refractivity (Wildman–Crippen MR) is 48.4 cm³/mol. The lowest BCUT2D eigenvalue weighted by Gasteiger charge is -2.35. The van der Waals surface area contributed by atoms with Crippen molar-refractivity contribution in [3.05, 3.63) is 0 Å². The Morgan fingerprint density at radius 2 is 2.21 bits per heavy atom. The second kappa shape index (κ2) is 4.95. The normalized spacial score (nSPS) is 17.6. The van der Waals surface area contributed by atoms with E-state index < -0.39 is 12.2 Å². The fourth-order valence-corrected chi connectivity index (χ4v) is 1.24. The van der Waals surface area contributed by atoms with Crippen molar-refractivity contribution < 1.29 is 19.1 Å². The van der Waals surface area contributed by atoms with Crippen molar-refractivity contribution in [1.29, 1.82) is 0 Å². The van der Waals surface area contributed by atoms with E-state index in [2.05, 4.69) is 0 Å². The Morgan fingerprint density at radius 3 is 2.57 bits per heavy atom. The van der Waals surface area contributed by atoms with Crippen LogP contribution in [0.2, 0.25) is 0 Å². The number of β-lactam (4-membered cyclic amide) rings is 1. The first kappa shape index (κ1) is 11.0. The highest BCUT2D eigenvalue weighted by Gasteiger charge is 2.36. The minimum Gasteiger partial charge on any atom is -0.463 e. The number of nitrogens with zero attached hydrogens (tertiary/aromatic N) is 1. The Bertz CT molecular complexity index is 229. The molecule has 1 aliphatic heterocycles. The summed E-state index contributed by atoms with van der Waals surface area (Å²) in [6.07, 6.45) is -0.357. The van der Waals surface area contributed by atoms with Crippen LogP contribution in [0.5, 0.6) is 0 Å². The van der Waals surface area contributed by atoms with E-state index in [9.17, 15) is 9.59 Å². The summed E-state index contributed by atoms with van der Waals surface area (Å²) < 4.78 is 9.97. The zero-order valence-electron chi connectivity index (χ0n) is 8.49. The SMILES string of the molecule is CCOC(=O)C(OCC)N1CCC1=O. The van der Waals surface area contributed by atoms with Gasteiger partial charge in [0.15, 0.2) is 0 Å². The van der Waals surface area contributed by atoms with E-state index in [1.165, 1.54) is 4.90 Å². The molecule has 1 heterocycles. The van der Waals surface area contributed by atoms with Crippen LogP contribution < -0.4 is 0 Å². The van der Waals surface area contributed by atoms with E-state index in [1.807, 2.05) is 0 Å². The first-order valence-corrected chi connectivity index (χ1v) is 4.78.